The molecule has 0 saturated carbocycles. The van der Waals surface area contributed by atoms with Gasteiger partial charge >= 0.3 is 12.1 Å². The third kappa shape index (κ3) is 4.38. The van der Waals surface area contributed by atoms with Crippen LogP contribution >= 0.6 is 0 Å². The van der Waals surface area contributed by atoms with Gasteiger partial charge in [-0.1, -0.05) is 12.1 Å². The number of alkyl halides is 3. The zero-order valence-corrected chi connectivity index (χ0v) is 12.4. The van der Waals surface area contributed by atoms with Crippen molar-refractivity contribution in [3.8, 4) is 0 Å². The third-order valence-electron chi connectivity index (χ3n) is 3.78. The van der Waals surface area contributed by atoms with E-state index in [-0.39, 0.29) is 5.70 Å². The highest BCUT2D eigenvalue weighted by molar-refractivity contribution is 5.85. The Kier molecular flexibility index (Phi) is 5.15. The van der Waals surface area contributed by atoms with Gasteiger partial charge in [0.15, 0.2) is 0 Å². The first kappa shape index (κ1) is 17.1. The predicted molar refractivity (Wildman–Crippen MR) is 78.2 cm³/mol. The van der Waals surface area contributed by atoms with E-state index in [1.165, 1.54) is 12.1 Å². The molecule has 0 spiro atoms. The van der Waals surface area contributed by atoms with Crippen molar-refractivity contribution >= 4 is 5.97 Å². The maximum absolute atomic E-state index is 12.5. The summed E-state index contributed by atoms with van der Waals surface area (Å²) in [5, 5.41) is 9.02. The number of nitrogens with two attached hydrogens (primary N) is 1. The van der Waals surface area contributed by atoms with Crippen LogP contribution in [0.4, 0.5) is 13.2 Å². The topological polar surface area (TPSA) is 69.8 Å². The van der Waals surface area contributed by atoms with Gasteiger partial charge in [-0.25, -0.2) is 4.79 Å². The smallest absolute Gasteiger partial charge is 0.416 e. The first-order valence-electron chi connectivity index (χ1n) is 7.10. The van der Waals surface area contributed by atoms with Gasteiger partial charge in [0.25, 0.3) is 0 Å². The summed E-state index contributed by atoms with van der Waals surface area (Å²) < 4.78 is 37.5. The van der Waals surface area contributed by atoms with E-state index in [2.05, 4.69) is 4.90 Å². The number of hydrogen-bond acceptors (Lipinski definition) is 4. The van der Waals surface area contributed by atoms with Crippen LogP contribution in [0.2, 0.25) is 0 Å². The lowest BCUT2D eigenvalue weighted by Gasteiger charge is -2.36. The fourth-order valence-electron chi connectivity index (χ4n) is 2.52. The van der Waals surface area contributed by atoms with Gasteiger partial charge in [-0.05, 0) is 17.7 Å². The van der Waals surface area contributed by atoms with Crippen LogP contribution in [0.1, 0.15) is 11.1 Å². The van der Waals surface area contributed by atoms with Gasteiger partial charge in [-0.15, -0.1) is 0 Å². The van der Waals surface area contributed by atoms with Gasteiger partial charge in [0.2, 0.25) is 0 Å². The van der Waals surface area contributed by atoms with Gasteiger partial charge in [0.05, 0.1) is 5.56 Å². The fraction of sp³-hybridized carbons (Fsp3) is 0.400. The number of carboxylic acid groups (broad SMARTS) is 1. The maximum atomic E-state index is 12.5. The Morgan fingerprint density at radius 1 is 1.17 bits per heavy atom. The van der Waals surface area contributed by atoms with E-state index >= 15 is 0 Å². The number of hydrogen-bond donors (Lipinski definition) is 2. The van der Waals surface area contributed by atoms with Crippen molar-refractivity contribution in [3.63, 3.8) is 0 Å². The summed E-state index contributed by atoms with van der Waals surface area (Å²) in [6, 6.07) is 5.09. The van der Waals surface area contributed by atoms with Gasteiger partial charge in [-0.2, -0.15) is 13.2 Å². The first-order chi connectivity index (χ1) is 10.8. The number of benzene rings is 1. The van der Waals surface area contributed by atoms with Crippen LogP contribution in [0.3, 0.4) is 0 Å². The molecule has 0 bridgehead atoms. The number of rotatable bonds is 4. The molecule has 126 valence electrons. The Hall–Kier alpha value is -2.22. The van der Waals surface area contributed by atoms with Crippen LogP contribution in [-0.2, 0) is 17.5 Å². The zero-order valence-electron chi connectivity index (χ0n) is 12.4. The molecule has 1 heterocycles. The number of halogens is 3. The van der Waals surface area contributed by atoms with Gasteiger partial charge in [-0.3, -0.25) is 4.90 Å². The van der Waals surface area contributed by atoms with Crippen molar-refractivity contribution in [1.29, 1.82) is 0 Å². The molecule has 0 amide bonds. The number of aliphatic carboxylic acids is 1. The SMILES string of the molecule is N/C=C(/C(=O)O)N1CCN(Cc2ccc(C(F)(F)F)cc2)CC1. The zero-order chi connectivity index (χ0) is 17.0. The molecule has 1 saturated heterocycles. The molecule has 1 aromatic carbocycles. The minimum Gasteiger partial charge on any atom is -0.477 e. The van der Waals surface area contributed by atoms with Crippen LogP contribution in [0.5, 0.6) is 0 Å². The van der Waals surface area contributed by atoms with E-state index in [4.69, 9.17) is 10.8 Å². The summed E-state index contributed by atoms with van der Waals surface area (Å²) in [6.45, 7) is 2.78. The highest BCUT2D eigenvalue weighted by atomic mass is 19.4. The van der Waals surface area contributed by atoms with E-state index < -0.39 is 17.7 Å². The van der Waals surface area contributed by atoms with Crippen molar-refractivity contribution in [2.75, 3.05) is 26.2 Å². The van der Waals surface area contributed by atoms with Crippen molar-refractivity contribution in [2.24, 2.45) is 5.73 Å². The number of carbonyl (C=O) groups is 1. The molecule has 0 aromatic heterocycles. The molecule has 0 aliphatic carbocycles. The summed E-state index contributed by atoms with van der Waals surface area (Å²) in [5.41, 5.74) is 5.52. The highest BCUT2D eigenvalue weighted by Crippen LogP contribution is 2.29. The molecule has 1 fully saturated rings. The van der Waals surface area contributed by atoms with E-state index in [0.29, 0.717) is 32.7 Å². The predicted octanol–water partition coefficient (Wildman–Crippen LogP) is 1.71. The Morgan fingerprint density at radius 3 is 2.17 bits per heavy atom. The van der Waals surface area contributed by atoms with E-state index in [1.54, 1.807) is 4.90 Å². The molecule has 1 aromatic rings. The molecule has 23 heavy (non-hydrogen) atoms. The molecular formula is C15H18F3N3O2. The summed E-state index contributed by atoms with van der Waals surface area (Å²) in [4.78, 5) is 14.8. The largest absolute Gasteiger partial charge is 0.477 e. The Balaban J connectivity index is 1.91. The van der Waals surface area contributed by atoms with Crippen LogP contribution in [0, 0.1) is 0 Å². The highest BCUT2D eigenvalue weighted by Gasteiger charge is 2.30. The number of nitrogens with zero attached hydrogens (tertiary/aromatic N) is 2. The van der Waals surface area contributed by atoms with Crippen molar-refractivity contribution in [3.05, 3.63) is 47.3 Å². The first-order valence-corrected chi connectivity index (χ1v) is 7.10. The second-order valence-electron chi connectivity index (χ2n) is 5.31. The summed E-state index contributed by atoms with van der Waals surface area (Å²) >= 11 is 0. The number of piperazine rings is 1. The van der Waals surface area contributed by atoms with Crippen molar-refractivity contribution in [2.45, 2.75) is 12.7 Å². The van der Waals surface area contributed by atoms with Crippen LogP contribution in [-0.4, -0.2) is 47.1 Å². The van der Waals surface area contributed by atoms with Crippen LogP contribution < -0.4 is 5.73 Å². The third-order valence-corrected chi connectivity index (χ3v) is 3.78. The molecule has 3 N–H and O–H groups in total. The minimum atomic E-state index is -4.33. The molecule has 8 heteroatoms. The second kappa shape index (κ2) is 6.91. The summed E-state index contributed by atoms with van der Waals surface area (Å²) in [5.74, 6) is -1.07. The quantitative estimate of drug-likeness (QED) is 0.823. The average Bonchev–Trinajstić information content (AvgIpc) is 2.49. The van der Waals surface area contributed by atoms with E-state index in [9.17, 15) is 18.0 Å². The Morgan fingerprint density at radius 2 is 1.74 bits per heavy atom. The molecule has 5 nitrogen and oxygen atoms in total. The monoisotopic (exact) mass is 329 g/mol. The lowest BCUT2D eigenvalue weighted by molar-refractivity contribution is -0.137. The van der Waals surface area contributed by atoms with Crippen LogP contribution in [0.25, 0.3) is 0 Å². The van der Waals surface area contributed by atoms with Gasteiger partial charge in [0.1, 0.15) is 5.70 Å². The minimum absolute atomic E-state index is 0.0687. The Labute approximate surface area is 131 Å². The van der Waals surface area contributed by atoms with Crippen molar-refractivity contribution in [1.82, 2.24) is 9.80 Å². The van der Waals surface area contributed by atoms with Crippen molar-refractivity contribution < 1.29 is 23.1 Å². The molecule has 0 unspecified atom stereocenters. The molecule has 1 aliphatic rings. The van der Waals surface area contributed by atoms with Gasteiger partial charge in [0, 0.05) is 38.9 Å². The average molecular weight is 329 g/mol. The molecule has 1 aliphatic heterocycles. The molecular weight excluding hydrogens is 311 g/mol. The Bertz CT molecular complexity index is 577. The lowest BCUT2D eigenvalue weighted by atomic mass is 10.1. The fourth-order valence-corrected chi connectivity index (χ4v) is 2.52. The van der Waals surface area contributed by atoms with E-state index in [0.717, 1.165) is 23.9 Å². The van der Waals surface area contributed by atoms with E-state index in [1.807, 2.05) is 0 Å². The summed E-state index contributed by atoms with van der Waals surface area (Å²) in [7, 11) is 0. The second-order valence-corrected chi connectivity index (χ2v) is 5.31. The maximum Gasteiger partial charge on any atom is 0.416 e. The van der Waals surface area contributed by atoms with Crippen LogP contribution in [0.15, 0.2) is 36.2 Å². The molecule has 0 radical (unpaired) electrons. The van der Waals surface area contributed by atoms with Gasteiger partial charge < -0.3 is 15.7 Å². The lowest BCUT2D eigenvalue weighted by Crippen LogP contribution is -2.46. The molecule has 2 rings (SSSR count). The standard InChI is InChI=1S/C15H18F3N3O2/c16-15(17,18)12-3-1-11(2-4-12)10-20-5-7-21(8-6-20)13(9-19)14(22)23/h1-4,9H,5-8,10,19H2,(H,22,23)/b13-9-. The molecule has 0 atom stereocenters. The summed E-state index contributed by atoms with van der Waals surface area (Å²) in [6.07, 6.45) is -3.25. The normalized spacial score (nSPS) is 17.3. The number of carboxylic acids is 1.